The van der Waals surface area contributed by atoms with Gasteiger partial charge in [-0.1, -0.05) is 18.5 Å². The van der Waals surface area contributed by atoms with Crippen molar-refractivity contribution < 1.29 is 17.9 Å². The monoisotopic (exact) mass is 295 g/mol. The maximum Gasteiger partial charge on any atom is 0.389 e. The van der Waals surface area contributed by atoms with Crippen LogP contribution in [0.25, 0.3) is 0 Å². The first-order chi connectivity index (χ1) is 8.87. The fourth-order valence-electron chi connectivity index (χ4n) is 1.90. The van der Waals surface area contributed by atoms with E-state index in [-0.39, 0.29) is 6.42 Å². The van der Waals surface area contributed by atoms with Gasteiger partial charge in [0, 0.05) is 23.0 Å². The van der Waals surface area contributed by atoms with E-state index in [0.717, 1.165) is 0 Å². The Hall–Kier alpha value is -0.940. The van der Waals surface area contributed by atoms with Crippen LogP contribution in [0.3, 0.4) is 0 Å². The molecule has 0 amide bonds. The second kappa shape index (κ2) is 7.01. The van der Waals surface area contributed by atoms with Gasteiger partial charge in [-0.2, -0.15) is 13.2 Å². The molecule has 0 heterocycles. The van der Waals surface area contributed by atoms with Gasteiger partial charge in [0.2, 0.25) is 0 Å². The first kappa shape index (κ1) is 16.1. The number of hydrogen-bond acceptors (Lipinski definition) is 2. The lowest BCUT2D eigenvalue weighted by atomic mass is 10.0. The van der Waals surface area contributed by atoms with Crippen molar-refractivity contribution in [1.82, 2.24) is 5.32 Å². The molecule has 108 valence electrons. The number of methoxy groups -OCH3 is 1. The van der Waals surface area contributed by atoms with E-state index in [1.807, 2.05) is 6.92 Å². The van der Waals surface area contributed by atoms with Crippen LogP contribution >= 0.6 is 11.6 Å². The minimum Gasteiger partial charge on any atom is -0.496 e. The normalized spacial score (nSPS) is 13.4. The lowest BCUT2D eigenvalue weighted by Crippen LogP contribution is -2.23. The van der Waals surface area contributed by atoms with Gasteiger partial charge in [0.25, 0.3) is 0 Å². The predicted molar refractivity (Wildman–Crippen MR) is 69.7 cm³/mol. The Kier molecular flexibility index (Phi) is 5.94. The number of nitrogens with one attached hydrogen (secondary N) is 1. The van der Waals surface area contributed by atoms with Crippen LogP contribution in [0.5, 0.6) is 5.75 Å². The zero-order chi connectivity index (χ0) is 14.5. The number of benzene rings is 1. The molecule has 0 aliphatic rings. The Morgan fingerprint density at radius 2 is 2.05 bits per heavy atom. The van der Waals surface area contributed by atoms with Gasteiger partial charge in [-0.05, 0) is 31.2 Å². The van der Waals surface area contributed by atoms with Crippen molar-refractivity contribution >= 4 is 11.6 Å². The van der Waals surface area contributed by atoms with E-state index in [9.17, 15) is 13.2 Å². The van der Waals surface area contributed by atoms with E-state index in [2.05, 4.69) is 5.32 Å². The van der Waals surface area contributed by atoms with E-state index in [4.69, 9.17) is 16.3 Å². The van der Waals surface area contributed by atoms with Crippen molar-refractivity contribution in [2.45, 2.75) is 32.0 Å². The lowest BCUT2D eigenvalue weighted by molar-refractivity contribution is -0.136. The van der Waals surface area contributed by atoms with E-state index in [1.165, 1.54) is 7.11 Å². The van der Waals surface area contributed by atoms with Gasteiger partial charge in [0.1, 0.15) is 5.75 Å². The molecule has 0 saturated heterocycles. The summed E-state index contributed by atoms with van der Waals surface area (Å²) < 4.78 is 42.2. The van der Waals surface area contributed by atoms with Gasteiger partial charge < -0.3 is 10.1 Å². The average Bonchev–Trinajstić information content (AvgIpc) is 2.33. The topological polar surface area (TPSA) is 21.3 Å². The molecule has 0 aliphatic carbocycles. The molecule has 1 aromatic rings. The fraction of sp³-hybridized carbons (Fsp3) is 0.538. The summed E-state index contributed by atoms with van der Waals surface area (Å²) in [4.78, 5) is 0. The maximum absolute atomic E-state index is 12.3. The maximum atomic E-state index is 12.3. The van der Waals surface area contributed by atoms with E-state index in [1.54, 1.807) is 18.2 Å². The van der Waals surface area contributed by atoms with E-state index in [0.29, 0.717) is 22.9 Å². The van der Waals surface area contributed by atoms with Gasteiger partial charge >= 0.3 is 6.18 Å². The van der Waals surface area contributed by atoms with Gasteiger partial charge in [-0.3, -0.25) is 0 Å². The molecule has 1 aromatic carbocycles. The molecule has 2 nitrogen and oxygen atoms in total. The van der Waals surface area contributed by atoms with Crippen molar-refractivity contribution in [1.29, 1.82) is 0 Å². The molecule has 1 rings (SSSR count). The van der Waals surface area contributed by atoms with Crippen LogP contribution in [0.2, 0.25) is 5.02 Å². The van der Waals surface area contributed by atoms with Crippen molar-refractivity contribution in [3.05, 3.63) is 28.8 Å². The fourth-order valence-corrected chi connectivity index (χ4v) is 2.08. The molecule has 1 atom stereocenters. The Morgan fingerprint density at radius 1 is 1.37 bits per heavy atom. The third-order valence-electron chi connectivity index (χ3n) is 2.73. The summed E-state index contributed by atoms with van der Waals surface area (Å²) in [5, 5.41) is 3.51. The van der Waals surface area contributed by atoms with Gasteiger partial charge in [-0.25, -0.2) is 0 Å². The smallest absolute Gasteiger partial charge is 0.389 e. The Labute approximate surface area is 115 Å². The largest absolute Gasteiger partial charge is 0.496 e. The minimum absolute atomic E-state index is 0.0476. The van der Waals surface area contributed by atoms with E-state index >= 15 is 0 Å². The number of halogens is 4. The second-order valence-electron chi connectivity index (χ2n) is 4.15. The molecule has 0 aromatic heterocycles. The molecule has 0 aliphatic heterocycles. The number of ether oxygens (including phenoxy) is 1. The Morgan fingerprint density at radius 3 is 2.58 bits per heavy atom. The predicted octanol–water partition coefficient (Wildman–Crippen LogP) is 4.34. The van der Waals surface area contributed by atoms with Crippen LogP contribution in [0.1, 0.15) is 31.4 Å². The first-order valence-electron chi connectivity index (χ1n) is 6.01. The Balaban J connectivity index is 2.94. The highest BCUT2D eigenvalue weighted by atomic mass is 35.5. The summed E-state index contributed by atoms with van der Waals surface area (Å²) >= 11 is 5.90. The molecular formula is C13H17ClF3NO. The van der Waals surface area contributed by atoms with Crippen LogP contribution in [0, 0.1) is 0 Å². The SMILES string of the molecule is CCNC(CCC(F)(F)F)c1cc(Cl)ccc1OC. The van der Waals surface area contributed by atoms with Crippen molar-refractivity contribution in [3.8, 4) is 5.75 Å². The van der Waals surface area contributed by atoms with Gasteiger partial charge in [0.15, 0.2) is 0 Å². The third kappa shape index (κ3) is 5.28. The highest BCUT2D eigenvalue weighted by molar-refractivity contribution is 6.30. The van der Waals surface area contributed by atoms with Crippen LogP contribution in [-0.4, -0.2) is 19.8 Å². The molecule has 0 spiro atoms. The highest BCUT2D eigenvalue weighted by Gasteiger charge is 2.29. The molecule has 0 fully saturated rings. The van der Waals surface area contributed by atoms with Crippen LogP contribution in [-0.2, 0) is 0 Å². The molecular weight excluding hydrogens is 279 g/mol. The number of alkyl halides is 3. The zero-order valence-corrected chi connectivity index (χ0v) is 11.6. The molecule has 1 unspecified atom stereocenters. The van der Waals surface area contributed by atoms with Crippen molar-refractivity contribution in [3.63, 3.8) is 0 Å². The van der Waals surface area contributed by atoms with Crippen LogP contribution < -0.4 is 10.1 Å². The summed E-state index contributed by atoms with van der Waals surface area (Å²) in [5.74, 6) is 0.539. The van der Waals surface area contributed by atoms with Gasteiger partial charge in [-0.15, -0.1) is 0 Å². The second-order valence-corrected chi connectivity index (χ2v) is 4.59. The Bertz CT molecular complexity index is 409. The summed E-state index contributed by atoms with van der Waals surface area (Å²) in [6.07, 6.45) is -5.06. The summed E-state index contributed by atoms with van der Waals surface area (Å²) in [6.45, 7) is 2.41. The highest BCUT2D eigenvalue weighted by Crippen LogP contribution is 2.33. The molecule has 1 N–H and O–H groups in total. The first-order valence-corrected chi connectivity index (χ1v) is 6.38. The molecule has 0 bridgehead atoms. The summed E-state index contributed by atoms with van der Waals surface area (Å²) in [6, 6.07) is 4.52. The van der Waals surface area contributed by atoms with Crippen LogP contribution in [0.4, 0.5) is 13.2 Å². The minimum atomic E-state index is -4.17. The number of rotatable bonds is 6. The van der Waals surface area contributed by atoms with E-state index < -0.39 is 18.6 Å². The van der Waals surface area contributed by atoms with Crippen LogP contribution in [0.15, 0.2) is 18.2 Å². The number of hydrogen-bond donors (Lipinski definition) is 1. The van der Waals surface area contributed by atoms with Crippen molar-refractivity contribution in [2.24, 2.45) is 0 Å². The molecule has 6 heteroatoms. The molecule has 19 heavy (non-hydrogen) atoms. The average molecular weight is 296 g/mol. The standard InChI is InChI=1S/C13H17ClF3NO/c1-3-18-11(6-7-13(15,16)17)10-8-9(14)4-5-12(10)19-2/h4-5,8,11,18H,3,6-7H2,1-2H3. The summed E-state index contributed by atoms with van der Waals surface area (Å²) in [7, 11) is 1.49. The van der Waals surface area contributed by atoms with Gasteiger partial charge in [0.05, 0.1) is 7.11 Å². The third-order valence-corrected chi connectivity index (χ3v) is 2.97. The quantitative estimate of drug-likeness (QED) is 0.843. The molecule has 0 saturated carbocycles. The lowest BCUT2D eigenvalue weighted by Gasteiger charge is -2.21. The van der Waals surface area contributed by atoms with Crippen molar-refractivity contribution in [2.75, 3.05) is 13.7 Å². The summed E-state index contributed by atoms with van der Waals surface area (Å²) in [5.41, 5.74) is 0.654. The molecule has 0 radical (unpaired) electrons. The zero-order valence-electron chi connectivity index (χ0n) is 10.9.